The standard InChI is InChI=1S/C21H32O7/c1-12-6-7-15-20(2,3)8-5-9-21(15,4)14(12)11-28-17(19(26)27)13(18(24)25)10-16(22)23/h13-15,17H,1,5-11H2,2-4H3,(H,22,23)(H,24,25)(H,26,27)/t13-,14-,15?,17+,21+/m0/s1. The highest BCUT2D eigenvalue weighted by molar-refractivity contribution is 5.85. The molecule has 0 amide bonds. The molecule has 0 aromatic rings. The van der Waals surface area contributed by atoms with Crippen LogP contribution < -0.4 is 0 Å². The Morgan fingerprint density at radius 1 is 1.14 bits per heavy atom. The molecular formula is C21H32O7. The minimum absolute atomic E-state index is 0.0439. The summed E-state index contributed by atoms with van der Waals surface area (Å²) in [5, 5.41) is 27.7. The quantitative estimate of drug-likeness (QED) is 0.537. The van der Waals surface area contributed by atoms with E-state index in [-0.39, 0.29) is 23.4 Å². The van der Waals surface area contributed by atoms with Gasteiger partial charge in [0.15, 0.2) is 6.10 Å². The highest BCUT2D eigenvalue weighted by atomic mass is 16.5. The van der Waals surface area contributed by atoms with Gasteiger partial charge in [-0.25, -0.2) is 4.79 Å². The van der Waals surface area contributed by atoms with Gasteiger partial charge >= 0.3 is 17.9 Å². The lowest BCUT2D eigenvalue weighted by Gasteiger charge is -2.58. The Morgan fingerprint density at radius 3 is 2.32 bits per heavy atom. The molecule has 3 N–H and O–H groups in total. The molecule has 0 aliphatic heterocycles. The Morgan fingerprint density at radius 2 is 1.79 bits per heavy atom. The highest BCUT2D eigenvalue weighted by Gasteiger charge is 2.53. The van der Waals surface area contributed by atoms with Gasteiger partial charge in [0.2, 0.25) is 0 Å². The Bertz CT molecular complexity index is 653. The van der Waals surface area contributed by atoms with Gasteiger partial charge in [-0.05, 0) is 42.4 Å². The summed E-state index contributed by atoms with van der Waals surface area (Å²) in [5.74, 6) is -5.58. The SMILES string of the molecule is C=C1CCC2C(C)(C)CCC[C@]2(C)[C@H]1CO[C@@H](C(=O)O)[C@H](CC(=O)O)C(=O)O. The Balaban J connectivity index is 2.23. The van der Waals surface area contributed by atoms with Gasteiger partial charge < -0.3 is 20.1 Å². The maximum absolute atomic E-state index is 11.6. The zero-order valence-corrected chi connectivity index (χ0v) is 16.9. The Hall–Kier alpha value is -1.89. The van der Waals surface area contributed by atoms with Crippen molar-refractivity contribution in [1.29, 1.82) is 0 Å². The van der Waals surface area contributed by atoms with E-state index in [1.165, 1.54) is 0 Å². The monoisotopic (exact) mass is 396 g/mol. The van der Waals surface area contributed by atoms with Gasteiger partial charge in [0.05, 0.1) is 13.0 Å². The summed E-state index contributed by atoms with van der Waals surface area (Å²) in [6.45, 7) is 11.0. The molecule has 0 heterocycles. The normalized spacial score (nSPS) is 31.5. The molecule has 0 spiro atoms. The van der Waals surface area contributed by atoms with Gasteiger partial charge in [-0.15, -0.1) is 0 Å². The van der Waals surface area contributed by atoms with Crippen LogP contribution in [0.1, 0.15) is 59.3 Å². The lowest BCUT2D eigenvalue weighted by Crippen LogP contribution is -2.51. The van der Waals surface area contributed by atoms with Crippen LogP contribution in [0, 0.1) is 28.6 Å². The van der Waals surface area contributed by atoms with Crippen molar-refractivity contribution in [2.24, 2.45) is 28.6 Å². The van der Waals surface area contributed by atoms with E-state index < -0.39 is 36.4 Å². The predicted octanol–water partition coefficient (Wildman–Crippen LogP) is 3.43. The van der Waals surface area contributed by atoms with Crippen LogP contribution in [0.2, 0.25) is 0 Å². The molecule has 2 fully saturated rings. The molecule has 7 heteroatoms. The van der Waals surface area contributed by atoms with E-state index in [1.807, 2.05) is 0 Å². The molecule has 0 saturated heterocycles. The predicted molar refractivity (Wildman–Crippen MR) is 102 cm³/mol. The maximum atomic E-state index is 11.6. The largest absolute Gasteiger partial charge is 0.481 e. The number of carbonyl (C=O) groups is 3. The van der Waals surface area contributed by atoms with Gasteiger partial charge in [-0.2, -0.15) is 0 Å². The van der Waals surface area contributed by atoms with Crippen LogP contribution in [0.5, 0.6) is 0 Å². The number of ether oxygens (including phenoxy) is 1. The van der Waals surface area contributed by atoms with Crippen molar-refractivity contribution in [3.05, 3.63) is 12.2 Å². The molecular weight excluding hydrogens is 364 g/mol. The molecule has 0 bridgehead atoms. The first-order valence-corrected chi connectivity index (χ1v) is 9.87. The molecule has 2 saturated carbocycles. The van der Waals surface area contributed by atoms with E-state index in [4.69, 9.17) is 9.84 Å². The van der Waals surface area contributed by atoms with E-state index in [1.54, 1.807) is 0 Å². The fraction of sp³-hybridized carbons (Fsp3) is 0.762. The van der Waals surface area contributed by atoms with Gasteiger partial charge in [0.25, 0.3) is 0 Å². The Kier molecular flexibility index (Phi) is 6.58. The maximum Gasteiger partial charge on any atom is 0.333 e. The minimum Gasteiger partial charge on any atom is -0.481 e. The average Bonchev–Trinajstić information content (AvgIpc) is 2.54. The fourth-order valence-corrected chi connectivity index (χ4v) is 5.65. The smallest absolute Gasteiger partial charge is 0.333 e. The zero-order chi connectivity index (χ0) is 21.3. The van der Waals surface area contributed by atoms with Crippen LogP contribution in [0.4, 0.5) is 0 Å². The number of carboxylic acids is 3. The molecule has 2 rings (SSSR count). The van der Waals surface area contributed by atoms with Gasteiger partial charge in [-0.1, -0.05) is 39.3 Å². The van der Waals surface area contributed by atoms with Crippen LogP contribution >= 0.6 is 0 Å². The first-order valence-electron chi connectivity index (χ1n) is 9.87. The number of rotatable bonds is 8. The van der Waals surface area contributed by atoms with Crippen molar-refractivity contribution in [2.45, 2.75) is 65.4 Å². The van der Waals surface area contributed by atoms with Crippen LogP contribution in [-0.4, -0.2) is 45.9 Å². The van der Waals surface area contributed by atoms with Crippen molar-refractivity contribution in [1.82, 2.24) is 0 Å². The number of fused-ring (bicyclic) bond motifs is 1. The zero-order valence-electron chi connectivity index (χ0n) is 16.9. The van der Waals surface area contributed by atoms with Crippen LogP contribution in [0.3, 0.4) is 0 Å². The van der Waals surface area contributed by atoms with Crippen molar-refractivity contribution < 1.29 is 34.4 Å². The van der Waals surface area contributed by atoms with Crippen LogP contribution in [0.15, 0.2) is 12.2 Å². The molecule has 1 unspecified atom stereocenters. The van der Waals surface area contributed by atoms with Crippen molar-refractivity contribution >= 4 is 17.9 Å². The van der Waals surface area contributed by atoms with Crippen molar-refractivity contribution in [3.63, 3.8) is 0 Å². The minimum atomic E-state index is -1.71. The molecule has 28 heavy (non-hydrogen) atoms. The molecule has 0 aromatic heterocycles. The number of carboxylic acid groups (broad SMARTS) is 3. The number of hydrogen-bond donors (Lipinski definition) is 3. The molecule has 2 aliphatic rings. The molecule has 0 aromatic carbocycles. The second-order valence-corrected chi connectivity index (χ2v) is 9.28. The van der Waals surface area contributed by atoms with E-state index in [0.29, 0.717) is 5.92 Å². The summed E-state index contributed by atoms with van der Waals surface area (Å²) in [4.78, 5) is 34.1. The summed E-state index contributed by atoms with van der Waals surface area (Å²) in [5.41, 5.74) is 1.09. The summed E-state index contributed by atoms with van der Waals surface area (Å²) in [7, 11) is 0. The summed E-state index contributed by atoms with van der Waals surface area (Å²) < 4.78 is 5.62. The van der Waals surface area contributed by atoms with Gasteiger partial charge in [0.1, 0.15) is 5.92 Å². The number of hydrogen-bond acceptors (Lipinski definition) is 4. The average molecular weight is 396 g/mol. The van der Waals surface area contributed by atoms with E-state index >= 15 is 0 Å². The molecule has 158 valence electrons. The van der Waals surface area contributed by atoms with Gasteiger partial charge in [-0.3, -0.25) is 9.59 Å². The van der Waals surface area contributed by atoms with Crippen LogP contribution in [0.25, 0.3) is 0 Å². The number of aliphatic carboxylic acids is 3. The topological polar surface area (TPSA) is 121 Å². The summed E-state index contributed by atoms with van der Waals surface area (Å²) in [6, 6.07) is 0. The molecule has 7 nitrogen and oxygen atoms in total. The lowest BCUT2D eigenvalue weighted by molar-refractivity contribution is -0.170. The van der Waals surface area contributed by atoms with E-state index in [2.05, 4.69) is 27.4 Å². The third-order valence-electron chi connectivity index (χ3n) is 7.08. The first-order chi connectivity index (χ1) is 12.9. The summed E-state index contributed by atoms with van der Waals surface area (Å²) in [6.07, 6.45) is 2.58. The fourth-order valence-electron chi connectivity index (χ4n) is 5.65. The summed E-state index contributed by atoms with van der Waals surface area (Å²) >= 11 is 0. The van der Waals surface area contributed by atoms with Gasteiger partial charge in [0, 0.05) is 5.92 Å². The molecule has 0 radical (unpaired) electrons. The van der Waals surface area contributed by atoms with Crippen molar-refractivity contribution in [2.75, 3.05) is 6.61 Å². The molecule has 2 aliphatic carbocycles. The van der Waals surface area contributed by atoms with E-state index in [9.17, 15) is 24.6 Å². The van der Waals surface area contributed by atoms with E-state index in [0.717, 1.165) is 37.7 Å². The Labute approximate surface area is 165 Å². The second kappa shape index (κ2) is 8.23. The highest BCUT2D eigenvalue weighted by Crippen LogP contribution is 2.60. The third-order valence-corrected chi connectivity index (χ3v) is 7.08. The molecule has 5 atom stereocenters. The van der Waals surface area contributed by atoms with Crippen LogP contribution in [-0.2, 0) is 19.1 Å². The first kappa shape index (κ1) is 22.4. The second-order valence-electron chi connectivity index (χ2n) is 9.28. The van der Waals surface area contributed by atoms with Crippen molar-refractivity contribution in [3.8, 4) is 0 Å². The lowest BCUT2D eigenvalue weighted by atomic mass is 9.48. The third kappa shape index (κ3) is 4.40.